The molecule has 0 bridgehead atoms. The Labute approximate surface area is 248 Å². The summed E-state index contributed by atoms with van der Waals surface area (Å²) in [6, 6.07) is 0. The average Bonchev–Trinajstić information content (AvgIpc) is 2.82. The van der Waals surface area contributed by atoms with Gasteiger partial charge in [-0.25, -0.2) is 0 Å². The van der Waals surface area contributed by atoms with E-state index in [4.69, 9.17) is 39.6 Å². The van der Waals surface area contributed by atoms with Crippen LogP contribution >= 0.6 is 0 Å². The number of hydrogen-bond donors (Lipinski definition) is 4. The van der Waals surface area contributed by atoms with Gasteiger partial charge in [-0.15, -0.1) is 0 Å². The minimum absolute atomic E-state index is 0.833. The molecule has 0 fully saturated rings. The summed E-state index contributed by atoms with van der Waals surface area (Å²) >= 11 is 0. The molecule has 0 aromatic carbocycles. The standard InChI is InChI=1S/3C8H17.4C2H4O2/c3*1-3-5-7-8-6-4-2;4*1-2(3)4/h3*1,3-8H2,2H3;4*1H3,(H,3,4). The summed E-state index contributed by atoms with van der Waals surface area (Å²) in [5.41, 5.74) is 0. The van der Waals surface area contributed by atoms with E-state index < -0.39 is 23.9 Å². The number of unbranched alkanes of at least 4 members (excludes halogenated alkanes) is 15. The first-order chi connectivity index (χ1) is 18.7. The van der Waals surface area contributed by atoms with Crippen molar-refractivity contribution in [1.29, 1.82) is 0 Å². The molecule has 0 aliphatic heterocycles. The molecule has 243 valence electrons. The zero-order valence-corrected chi connectivity index (χ0v) is 27.3. The first kappa shape index (κ1) is 54.0. The summed E-state index contributed by atoms with van der Waals surface area (Å²) < 4.78 is 0. The van der Waals surface area contributed by atoms with E-state index in [0.717, 1.165) is 47.0 Å². The third-order valence-electron chi connectivity index (χ3n) is 4.06. The molecular weight excluding hydrogens is 512 g/mol. The fourth-order valence-corrected chi connectivity index (χ4v) is 2.34. The molecule has 0 atom stereocenters. The highest BCUT2D eigenvalue weighted by Gasteiger charge is 1.85. The monoisotopic (exact) mass is 579 g/mol. The fourth-order valence-electron chi connectivity index (χ4n) is 2.34. The molecule has 0 spiro atoms. The summed E-state index contributed by atoms with van der Waals surface area (Å²) in [5.74, 6) is -3.33. The van der Waals surface area contributed by atoms with Crippen molar-refractivity contribution in [1.82, 2.24) is 0 Å². The van der Waals surface area contributed by atoms with Gasteiger partial charge in [0, 0.05) is 27.7 Å². The number of hydrogen-bond acceptors (Lipinski definition) is 4. The van der Waals surface area contributed by atoms with E-state index in [-0.39, 0.29) is 0 Å². The SMILES string of the molecule is CC(=O)O.CC(=O)O.CC(=O)O.CC(=O)O.[CH2]CCCCCCC.[CH2]CCCCCCC.[CH2]CCCCCCC. The lowest BCUT2D eigenvalue weighted by Gasteiger charge is -1.93. The fraction of sp³-hybridized carbons (Fsp3) is 0.781. The Bertz CT molecular complexity index is 355. The van der Waals surface area contributed by atoms with Crippen LogP contribution in [0.3, 0.4) is 0 Å². The van der Waals surface area contributed by atoms with E-state index in [0.29, 0.717) is 0 Å². The molecule has 0 amide bonds. The molecule has 0 aromatic heterocycles. The maximum atomic E-state index is 9.00. The second-order valence-electron chi connectivity index (χ2n) is 8.88. The number of carboxylic acid groups (broad SMARTS) is 4. The summed E-state index contributed by atoms with van der Waals surface area (Å²) in [4.78, 5) is 36.0. The number of rotatable bonds is 15. The maximum Gasteiger partial charge on any atom is 0.300 e. The molecule has 4 N–H and O–H groups in total. The zero-order valence-electron chi connectivity index (χ0n) is 27.3. The van der Waals surface area contributed by atoms with Gasteiger partial charge in [-0.2, -0.15) is 0 Å². The van der Waals surface area contributed by atoms with Gasteiger partial charge >= 0.3 is 0 Å². The van der Waals surface area contributed by atoms with Crippen LogP contribution in [0, 0.1) is 20.8 Å². The highest BCUT2D eigenvalue weighted by Crippen LogP contribution is 2.04. The Kier molecular flexibility index (Phi) is 82.5. The van der Waals surface area contributed by atoms with E-state index >= 15 is 0 Å². The van der Waals surface area contributed by atoms with Crippen LogP contribution in [-0.2, 0) is 19.2 Å². The van der Waals surface area contributed by atoms with Crippen LogP contribution in [-0.4, -0.2) is 44.3 Å². The van der Waals surface area contributed by atoms with E-state index in [9.17, 15) is 0 Å². The second-order valence-corrected chi connectivity index (χ2v) is 8.88. The van der Waals surface area contributed by atoms with Crippen LogP contribution in [0.4, 0.5) is 0 Å². The van der Waals surface area contributed by atoms with Gasteiger partial charge in [-0.05, 0) is 0 Å². The third-order valence-corrected chi connectivity index (χ3v) is 4.06. The Balaban J connectivity index is -0.0000000653. The maximum absolute atomic E-state index is 9.00. The largest absolute Gasteiger partial charge is 0.481 e. The predicted octanol–water partition coefficient (Wildman–Crippen LogP) is 9.91. The van der Waals surface area contributed by atoms with E-state index in [1.807, 2.05) is 0 Å². The van der Waals surface area contributed by atoms with E-state index in [1.165, 1.54) is 96.3 Å². The van der Waals surface area contributed by atoms with Crippen molar-refractivity contribution in [2.24, 2.45) is 0 Å². The summed E-state index contributed by atoms with van der Waals surface area (Å²) in [6.07, 6.45) is 23.9. The number of carbonyl (C=O) groups is 4. The lowest BCUT2D eigenvalue weighted by atomic mass is 10.1. The van der Waals surface area contributed by atoms with Crippen molar-refractivity contribution in [3.63, 3.8) is 0 Å². The number of carboxylic acids is 4. The van der Waals surface area contributed by atoms with Crippen molar-refractivity contribution in [2.45, 2.75) is 164 Å². The lowest BCUT2D eigenvalue weighted by molar-refractivity contribution is -0.135. The molecule has 0 rings (SSSR count). The van der Waals surface area contributed by atoms with Crippen LogP contribution in [0.15, 0.2) is 0 Å². The molecular formula is C32H67O8. The van der Waals surface area contributed by atoms with Crippen LogP contribution in [0.25, 0.3) is 0 Å². The normalized spacial score (nSPS) is 8.35. The average molecular weight is 580 g/mol. The minimum atomic E-state index is -0.833. The lowest BCUT2D eigenvalue weighted by Crippen LogP contribution is -1.78. The molecule has 8 nitrogen and oxygen atoms in total. The molecule has 3 radical (unpaired) electrons. The van der Waals surface area contributed by atoms with Crippen molar-refractivity contribution in [3.05, 3.63) is 20.8 Å². The van der Waals surface area contributed by atoms with Gasteiger partial charge in [-0.3, -0.25) is 19.2 Å². The van der Waals surface area contributed by atoms with Gasteiger partial charge in [0.15, 0.2) is 0 Å². The predicted molar refractivity (Wildman–Crippen MR) is 169 cm³/mol. The first-order valence-corrected chi connectivity index (χ1v) is 14.8. The van der Waals surface area contributed by atoms with Gasteiger partial charge in [0.1, 0.15) is 0 Å². The summed E-state index contributed by atoms with van der Waals surface area (Å²) in [6.45, 7) is 22.4. The molecule has 0 aliphatic rings. The Morgan fingerprint density at radius 3 is 0.600 bits per heavy atom. The van der Waals surface area contributed by atoms with Crippen LogP contribution < -0.4 is 0 Å². The zero-order chi connectivity index (χ0) is 33.0. The van der Waals surface area contributed by atoms with Crippen LogP contribution in [0.2, 0.25) is 0 Å². The third kappa shape index (κ3) is 263. The summed E-state index contributed by atoms with van der Waals surface area (Å²) in [7, 11) is 0. The van der Waals surface area contributed by atoms with Crippen molar-refractivity contribution in [3.8, 4) is 0 Å². The quantitative estimate of drug-likeness (QED) is 0.140. The molecule has 0 saturated carbocycles. The van der Waals surface area contributed by atoms with Gasteiger partial charge in [0.25, 0.3) is 23.9 Å². The van der Waals surface area contributed by atoms with Gasteiger partial charge in [-0.1, -0.05) is 157 Å². The first-order valence-electron chi connectivity index (χ1n) is 14.8. The number of aliphatic carboxylic acids is 4. The molecule has 0 aromatic rings. The molecule has 0 saturated heterocycles. The topological polar surface area (TPSA) is 149 Å². The molecule has 40 heavy (non-hydrogen) atoms. The molecule has 0 heterocycles. The van der Waals surface area contributed by atoms with E-state index in [1.54, 1.807) is 0 Å². The second kappa shape index (κ2) is 61.1. The van der Waals surface area contributed by atoms with Crippen LogP contribution in [0.5, 0.6) is 0 Å². The Morgan fingerprint density at radius 1 is 0.375 bits per heavy atom. The molecule has 0 unspecified atom stereocenters. The van der Waals surface area contributed by atoms with Crippen molar-refractivity contribution >= 4 is 23.9 Å². The van der Waals surface area contributed by atoms with Gasteiger partial charge < -0.3 is 20.4 Å². The van der Waals surface area contributed by atoms with Gasteiger partial charge in [0.2, 0.25) is 0 Å². The van der Waals surface area contributed by atoms with Crippen molar-refractivity contribution in [2.75, 3.05) is 0 Å². The molecule has 8 heteroatoms. The van der Waals surface area contributed by atoms with Gasteiger partial charge in [0.05, 0.1) is 0 Å². The smallest absolute Gasteiger partial charge is 0.300 e. The van der Waals surface area contributed by atoms with Crippen molar-refractivity contribution < 1.29 is 39.6 Å². The summed E-state index contributed by atoms with van der Waals surface area (Å²) in [5, 5.41) is 29.7. The van der Waals surface area contributed by atoms with E-state index in [2.05, 4.69) is 41.5 Å². The minimum Gasteiger partial charge on any atom is -0.481 e. The highest BCUT2D eigenvalue weighted by atomic mass is 16.4. The van der Waals surface area contributed by atoms with Crippen LogP contribution in [0.1, 0.15) is 164 Å². The highest BCUT2D eigenvalue weighted by molar-refractivity contribution is 5.63. The Hall–Kier alpha value is -2.12. The Morgan fingerprint density at radius 2 is 0.500 bits per heavy atom. The molecule has 0 aliphatic carbocycles.